The fourth-order valence-electron chi connectivity index (χ4n) is 4.36. The van der Waals surface area contributed by atoms with Crippen molar-refractivity contribution >= 4 is 0 Å². The van der Waals surface area contributed by atoms with Crippen LogP contribution in [0.3, 0.4) is 0 Å². The molecule has 2 N–H and O–H groups in total. The number of ether oxygens (including phenoxy) is 1. The Morgan fingerprint density at radius 1 is 1.11 bits per heavy atom. The lowest BCUT2D eigenvalue weighted by Crippen LogP contribution is -2.51. The minimum atomic E-state index is -0.475. The normalized spacial score (nSPS) is 22.9. The molecule has 2 aliphatic heterocycles. The van der Waals surface area contributed by atoms with Gasteiger partial charge in [-0.2, -0.15) is 0 Å². The summed E-state index contributed by atoms with van der Waals surface area (Å²) in [5, 5.41) is 21.2. The molecule has 1 spiro atoms. The van der Waals surface area contributed by atoms with Gasteiger partial charge in [0.15, 0.2) is 0 Å². The van der Waals surface area contributed by atoms with Crippen molar-refractivity contribution in [3.05, 3.63) is 64.7 Å². The molecule has 2 atom stereocenters. The molecule has 0 aromatic heterocycles. The third kappa shape index (κ3) is 3.75. The van der Waals surface area contributed by atoms with Crippen molar-refractivity contribution in [1.82, 2.24) is 4.90 Å². The van der Waals surface area contributed by atoms with Crippen molar-refractivity contribution in [2.24, 2.45) is 0 Å². The quantitative estimate of drug-likeness (QED) is 0.869. The van der Waals surface area contributed by atoms with E-state index in [4.69, 9.17) is 4.74 Å². The Labute approximate surface area is 161 Å². The summed E-state index contributed by atoms with van der Waals surface area (Å²) < 4.78 is 6.35. The van der Waals surface area contributed by atoms with E-state index in [1.807, 2.05) is 30.3 Å². The molecule has 2 heterocycles. The smallest absolute Gasteiger partial charge is 0.125 e. The van der Waals surface area contributed by atoms with E-state index in [0.29, 0.717) is 13.0 Å². The number of rotatable bonds is 3. The third-order valence-electron chi connectivity index (χ3n) is 6.28. The highest BCUT2D eigenvalue weighted by Gasteiger charge is 2.42. The topological polar surface area (TPSA) is 52.9 Å². The molecular formula is C23H29NO3. The van der Waals surface area contributed by atoms with Crippen molar-refractivity contribution < 1.29 is 14.9 Å². The average molecular weight is 367 g/mol. The highest BCUT2D eigenvalue weighted by Crippen LogP contribution is 2.44. The molecule has 2 aromatic rings. The summed E-state index contributed by atoms with van der Waals surface area (Å²) in [6.07, 6.45) is 1.47. The summed E-state index contributed by atoms with van der Waals surface area (Å²) in [7, 11) is 0. The van der Waals surface area contributed by atoms with Crippen LogP contribution in [0.2, 0.25) is 0 Å². The first-order chi connectivity index (χ1) is 13.0. The minimum absolute atomic E-state index is 0.282. The molecule has 2 aromatic carbocycles. The second-order valence-corrected chi connectivity index (χ2v) is 8.20. The van der Waals surface area contributed by atoms with Crippen molar-refractivity contribution in [3.63, 3.8) is 0 Å². The number of aryl methyl sites for hydroxylation is 2. The number of hydrogen-bond donors (Lipinski definition) is 2. The van der Waals surface area contributed by atoms with Gasteiger partial charge in [-0.15, -0.1) is 0 Å². The van der Waals surface area contributed by atoms with Gasteiger partial charge in [0, 0.05) is 31.6 Å². The maximum Gasteiger partial charge on any atom is 0.125 e. The Morgan fingerprint density at radius 3 is 2.59 bits per heavy atom. The predicted molar refractivity (Wildman–Crippen MR) is 106 cm³/mol. The molecule has 0 amide bonds. The lowest BCUT2D eigenvalue weighted by molar-refractivity contribution is -0.0587. The van der Waals surface area contributed by atoms with E-state index in [1.54, 1.807) is 0 Å². The van der Waals surface area contributed by atoms with Crippen LogP contribution >= 0.6 is 0 Å². The van der Waals surface area contributed by atoms with Crippen LogP contribution in [-0.4, -0.2) is 40.3 Å². The van der Waals surface area contributed by atoms with E-state index in [-0.39, 0.29) is 5.60 Å². The summed E-state index contributed by atoms with van der Waals surface area (Å²) >= 11 is 0. The van der Waals surface area contributed by atoms with E-state index in [9.17, 15) is 10.2 Å². The fourth-order valence-corrected chi connectivity index (χ4v) is 4.36. The van der Waals surface area contributed by atoms with Crippen LogP contribution in [0.1, 0.15) is 53.7 Å². The molecule has 1 fully saturated rings. The van der Waals surface area contributed by atoms with E-state index in [2.05, 4.69) is 30.9 Å². The Morgan fingerprint density at radius 2 is 1.85 bits per heavy atom. The van der Waals surface area contributed by atoms with E-state index < -0.39 is 12.2 Å². The van der Waals surface area contributed by atoms with Crippen molar-refractivity contribution in [3.8, 4) is 5.75 Å². The van der Waals surface area contributed by atoms with Gasteiger partial charge in [-0.3, -0.25) is 0 Å². The number of β-amino-alcohol motifs (C(OH)–C–C–N with tert-alkyl or cyclic N) is 1. The first kappa shape index (κ1) is 18.5. The van der Waals surface area contributed by atoms with Crippen molar-refractivity contribution in [1.29, 1.82) is 0 Å². The molecule has 4 heteroatoms. The Bertz CT molecular complexity index is 811. The number of piperidine rings is 1. The zero-order chi connectivity index (χ0) is 19.0. The van der Waals surface area contributed by atoms with Crippen LogP contribution in [0.4, 0.5) is 0 Å². The number of nitrogens with zero attached hydrogens (tertiary/aromatic N) is 1. The third-order valence-corrected chi connectivity index (χ3v) is 6.28. The summed E-state index contributed by atoms with van der Waals surface area (Å²) in [5.41, 5.74) is 4.06. The zero-order valence-electron chi connectivity index (χ0n) is 16.2. The van der Waals surface area contributed by atoms with Gasteiger partial charge in [0.1, 0.15) is 11.4 Å². The maximum atomic E-state index is 10.6. The number of aliphatic hydroxyl groups excluding tert-OH is 2. The van der Waals surface area contributed by atoms with Crippen LogP contribution in [0.5, 0.6) is 5.75 Å². The number of fused-ring (bicyclic) bond motifs is 1. The summed E-state index contributed by atoms with van der Waals surface area (Å²) in [6, 6.07) is 14.0. The molecule has 4 nitrogen and oxygen atoms in total. The average Bonchev–Trinajstić information content (AvgIpc) is 2.66. The van der Waals surface area contributed by atoms with Crippen LogP contribution in [0.25, 0.3) is 0 Å². The number of likely N-dealkylation sites (tertiary alicyclic amines) is 1. The SMILES string of the molecule is Cc1ccc(C(O)CN2CCC3(CC2)CC(O)c2ccccc2O3)cc1C. The van der Waals surface area contributed by atoms with Gasteiger partial charge in [-0.25, -0.2) is 0 Å². The molecular weight excluding hydrogens is 338 g/mol. The predicted octanol–water partition coefficient (Wildman–Crippen LogP) is 3.69. The Hall–Kier alpha value is -1.88. The summed E-state index contributed by atoms with van der Waals surface area (Å²) in [6.45, 7) is 6.55. The number of hydrogen-bond acceptors (Lipinski definition) is 4. The molecule has 2 unspecified atom stereocenters. The Balaban J connectivity index is 1.38. The van der Waals surface area contributed by atoms with E-state index in [1.165, 1.54) is 11.1 Å². The summed E-state index contributed by atoms with van der Waals surface area (Å²) in [4.78, 5) is 2.31. The first-order valence-corrected chi connectivity index (χ1v) is 9.89. The molecule has 0 bridgehead atoms. The minimum Gasteiger partial charge on any atom is -0.487 e. The van der Waals surface area contributed by atoms with Gasteiger partial charge in [0.2, 0.25) is 0 Å². The molecule has 0 saturated carbocycles. The van der Waals surface area contributed by atoms with Gasteiger partial charge in [-0.05, 0) is 49.4 Å². The first-order valence-electron chi connectivity index (χ1n) is 9.89. The molecule has 2 aliphatic rings. The fraction of sp³-hybridized carbons (Fsp3) is 0.478. The van der Waals surface area contributed by atoms with Crippen molar-refractivity contribution in [2.45, 2.75) is 50.9 Å². The molecule has 27 heavy (non-hydrogen) atoms. The Kier molecular flexibility index (Phi) is 4.97. The van der Waals surface area contributed by atoms with E-state index >= 15 is 0 Å². The molecule has 4 rings (SSSR count). The monoisotopic (exact) mass is 367 g/mol. The van der Waals surface area contributed by atoms with E-state index in [0.717, 1.165) is 42.8 Å². The maximum absolute atomic E-state index is 10.6. The second-order valence-electron chi connectivity index (χ2n) is 8.20. The van der Waals surface area contributed by atoms with Gasteiger partial charge in [0.25, 0.3) is 0 Å². The van der Waals surface area contributed by atoms with Gasteiger partial charge in [0.05, 0.1) is 12.2 Å². The van der Waals surface area contributed by atoms with Crippen LogP contribution in [-0.2, 0) is 0 Å². The summed E-state index contributed by atoms with van der Waals surface area (Å²) in [5.74, 6) is 0.819. The van der Waals surface area contributed by atoms with Crippen LogP contribution < -0.4 is 4.74 Å². The lowest BCUT2D eigenvalue weighted by atomic mass is 9.81. The molecule has 1 saturated heterocycles. The molecule has 144 valence electrons. The van der Waals surface area contributed by atoms with Gasteiger partial charge < -0.3 is 19.8 Å². The number of para-hydroxylation sites is 1. The zero-order valence-corrected chi connectivity index (χ0v) is 16.2. The van der Waals surface area contributed by atoms with Crippen LogP contribution in [0, 0.1) is 13.8 Å². The second kappa shape index (κ2) is 7.27. The van der Waals surface area contributed by atoms with Crippen LogP contribution in [0.15, 0.2) is 42.5 Å². The standard InChI is InChI=1S/C23H29NO3/c1-16-7-8-18(13-17(16)2)21(26)15-24-11-9-23(10-12-24)14-20(25)19-5-3-4-6-22(19)27-23/h3-8,13,20-21,25-26H,9-12,14-15H2,1-2H3. The van der Waals surface area contributed by atoms with Crippen molar-refractivity contribution in [2.75, 3.05) is 19.6 Å². The number of benzene rings is 2. The van der Waals surface area contributed by atoms with Gasteiger partial charge in [-0.1, -0.05) is 36.4 Å². The highest BCUT2D eigenvalue weighted by atomic mass is 16.5. The van der Waals surface area contributed by atoms with Gasteiger partial charge >= 0.3 is 0 Å². The largest absolute Gasteiger partial charge is 0.487 e. The molecule has 0 aliphatic carbocycles. The lowest BCUT2D eigenvalue weighted by Gasteiger charge is -2.46. The number of aliphatic hydroxyl groups is 2. The molecule has 0 radical (unpaired) electrons. The highest BCUT2D eigenvalue weighted by molar-refractivity contribution is 5.38.